The van der Waals surface area contributed by atoms with Crippen LogP contribution in [-0.4, -0.2) is 17.4 Å². The van der Waals surface area contributed by atoms with Crippen LogP contribution in [0.2, 0.25) is 0 Å². The second-order valence-corrected chi connectivity index (χ2v) is 4.04. The molecule has 0 aliphatic carbocycles. The predicted octanol–water partition coefficient (Wildman–Crippen LogP) is 1.84. The smallest absolute Gasteiger partial charge is 0.224 e. The number of nitrogens with zero attached hydrogens (tertiary/aromatic N) is 2. The number of rotatable bonds is 2. The third kappa shape index (κ3) is 2.41. The lowest BCUT2D eigenvalue weighted by atomic mass is 10.1. The first-order valence-electron chi connectivity index (χ1n) is 5.21. The number of carbonyl (C=O) groups excluding carboxylic acids is 1. The Labute approximate surface area is 97.3 Å². The third-order valence-electron chi connectivity index (χ3n) is 2.77. The highest BCUT2D eigenvalue weighted by Crippen LogP contribution is 2.20. The van der Waals surface area contributed by atoms with Crippen LogP contribution in [0.1, 0.15) is 12.0 Å². The Bertz CT molecular complexity index is 496. The van der Waals surface area contributed by atoms with E-state index in [1.54, 1.807) is 0 Å². The zero-order valence-corrected chi connectivity index (χ0v) is 8.99. The van der Waals surface area contributed by atoms with Gasteiger partial charge in [-0.05, 0) is 6.07 Å². The highest BCUT2D eigenvalue weighted by Gasteiger charge is 2.29. The molecule has 1 aromatic rings. The van der Waals surface area contributed by atoms with Gasteiger partial charge < -0.3 is 4.90 Å². The van der Waals surface area contributed by atoms with Crippen molar-refractivity contribution >= 4 is 5.91 Å². The molecule has 1 unspecified atom stereocenters. The van der Waals surface area contributed by atoms with Gasteiger partial charge in [-0.1, -0.05) is 6.07 Å². The Morgan fingerprint density at radius 2 is 2.24 bits per heavy atom. The maximum Gasteiger partial charge on any atom is 0.224 e. The minimum Gasteiger partial charge on any atom is -0.337 e. The molecule has 0 spiro atoms. The summed E-state index contributed by atoms with van der Waals surface area (Å²) in [6.45, 7) is 0.398. The summed E-state index contributed by atoms with van der Waals surface area (Å²) in [5.41, 5.74) is 0.262. The molecule has 17 heavy (non-hydrogen) atoms. The van der Waals surface area contributed by atoms with Crippen LogP contribution in [0.15, 0.2) is 18.2 Å². The van der Waals surface area contributed by atoms with Crippen LogP contribution in [0.3, 0.4) is 0 Å². The van der Waals surface area contributed by atoms with Gasteiger partial charge in [0, 0.05) is 31.1 Å². The molecule has 1 atom stereocenters. The molecule has 1 fully saturated rings. The Morgan fingerprint density at radius 3 is 2.82 bits per heavy atom. The molecule has 1 saturated heterocycles. The van der Waals surface area contributed by atoms with Crippen molar-refractivity contribution in [2.75, 3.05) is 6.54 Å². The van der Waals surface area contributed by atoms with Crippen molar-refractivity contribution in [1.29, 1.82) is 5.26 Å². The van der Waals surface area contributed by atoms with Gasteiger partial charge in [-0.15, -0.1) is 0 Å². The third-order valence-corrected chi connectivity index (χ3v) is 2.77. The molecule has 3 nitrogen and oxygen atoms in total. The average molecular weight is 236 g/mol. The van der Waals surface area contributed by atoms with Gasteiger partial charge in [0.15, 0.2) is 0 Å². The van der Waals surface area contributed by atoms with Crippen LogP contribution < -0.4 is 0 Å². The zero-order valence-electron chi connectivity index (χ0n) is 8.99. The number of halogens is 2. The van der Waals surface area contributed by atoms with Gasteiger partial charge in [-0.3, -0.25) is 4.79 Å². The number of hydrogen-bond donors (Lipinski definition) is 0. The molecule has 1 heterocycles. The largest absolute Gasteiger partial charge is 0.337 e. The Hall–Kier alpha value is -1.96. The number of carbonyl (C=O) groups is 1. The Morgan fingerprint density at radius 1 is 1.47 bits per heavy atom. The molecular weight excluding hydrogens is 226 g/mol. The Balaban J connectivity index is 2.12. The lowest BCUT2D eigenvalue weighted by Crippen LogP contribution is -2.25. The summed E-state index contributed by atoms with van der Waals surface area (Å²) in [5, 5.41) is 8.71. The van der Waals surface area contributed by atoms with Crippen LogP contribution >= 0.6 is 0 Å². The number of nitriles is 1. The van der Waals surface area contributed by atoms with Gasteiger partial charge in [0.05, 0.1) is 12.0 Å². The Kier molecular flexibility index (Phi) is 3.05. The fourth-order valence-electron chi connectivity index (χ4n) is 1.87. The lowest BCUT2D eigenvalue weighted by molar-refractivity contribution is -0.128. The van der Waals surface area contributed by atoms with Crippen molar-refractivity contribution in [3.63, 3.8) is 0 Å². The summed E-state index contributed by atoms with van der Waals surface area (Å²) in [6.07, 6.45) is 0.180. The molecule has 1 aromatic carbocycles. The van der Waals surface area contributed by atoms with E-state index in [1.807, 2.05) is 6.07 Å². The summed E-state index contributed by atoms with van der Waals surface area (Å²) < 4.78 is 26.1. The van der Waals surface area contributed by atoms with Gasteiger partial charge in [0.2, 0.25) is 5.91 Å². The molecule has 1 aliphatic rings. The number of amides is 1. The summed E-state index contributed by atoms with van der Waals surface area (Å²) in [6, 6.07) is 5.28. The van der Waals surface area contributed by atoms with Crippen LogP contribution in [0.25, 0.3) is 0 Å². The first kappa shape index (κ1) is 11.5. The molecule has 88 valence electrons. The van der Waals surface area contributed by atoms with Crippen molar-refractivity contribution in [2.24, 2.45) is 5.92 Å². The molecule has 2 rings (SSSR count). The molecule has 0 saturated carbocycles. The summed E-state index contributed by atoms with van der Waals surface area (Å²) in [7, 11) is 0. The first-order valence-corrected chi connectivity index (χ1v) is 5.21. The van der Waals surface area contributed by atoms with E-state index in [4.69, 9.17) is 5.26 Å². The second-order valence-electron chi connectivity index (χ2n) is 4.04. The van der Waals surface area contributed by atoms with Crippen LogP contribution in [-0.2, 0) is 11.3 Å². The average Bonchev–Trinajstić information content (AvgIpc) is 2.64. The van der Waals surface area contributed by atoms with E-state index in [0.717, 1.165) is 12.1 Å². The maximum absolute atomic E-state index is 13.4. The van der Waals surface area contributed by atoms with Crippen molar-refractivity contribution in [1.82, 2.24) is 4.90 Å². The van der Waals surface area contributed by atoms with E-state index in [-0.39, 0.29) is 30.4 Å². The van der Waals surface area contributed by atoms with Gasteiger partial charge in [0.25, 0.3) is 0 Å². The van der Waals surface area contributed by atoms with E-state index < -0.39 is 11.6 Å². The van der Waals surface area contributed by atoms with E-state index >= 15 is 0 Å². The first-order chi connectivity index (χ1) is 8.10. The van der Waals surface area contributed by atoms with Crippen molar-refractivity contribution in [3.8, 4) is 6.07 Å². The second kappa shape index (κ2) is 4.50. The van der Waals surface area contributed by atoms with E-state index in [2.05, 4.69) is 0 Å². The minimum absolute atomic E-state index is 0.0864. The molecule has 0 N–H and O–H groups in total. The summed E-state index contributed by atoms with van der Waals surface area (Å²) in [5.74, 6) is -1.81. The molecule has 5 heteroatoms. The van der Waals surface area contributed by atoms with Crippen molar-refractivity contribution in [3.05, 3.63) is 35.4 Å². The molecule has 1 amide bonds. The predicted molar refractivity (Wildman–Crippen MR) is 55.5 cm³/mol. The van der Waals surface area contributed by atoms with E-state index in [9.17, 15) is 13.6 Å². The summed E-state index contributed by atoms with van der Waals surface area (Å²) in [4.78, 5) is 12.9. The fourth-order valence-corrected chi connectivity index (χ4v) is 1.87. The van der Waals surface area contributed by atoms with Crippen LogP contribution in [0.4, 0.5) is 8.78 Å². The van der Waals surface area contributed by atoms with Gasteiger partial charge in [-0.25, -0.2) is 8.78 Å². The maximum atomic E-state index is 13.4. The SMILES string of the molecule is N#CC1CC(=O)N(Cc2ccc(F)cc2F)C1. The van der Waals surface area contributed by atoms with Crippen molar-refractivity contribution in [2.45, 2.75) is 13.0 Å². The van der Waals surface area contributed by atoms with Crippen molar-refractivity contribution < 1.29 is 13.6 Å². The fraction of sp³-hybridized carbons (Fsp3) is 0.333. The number of likely N-dealkylation sites (tertiary alicyclic amines) is 1. The van der Waals surface area contributed by atoms with E-state index in [0.29, 0.717) is 6.54 Å². The minimum atomic E-state index is -0.668. The molecular formula is C12H10F2N2O. The van der Waals surface area contributed by atoms with E-state index in [1.165, 1.54) is 11.0 Å². The van der Waals surface area contributed by atoms with Crippen LogP contribution in [0.5, 0.6) is 0 Å². The topological polar surface area (TPSA) is 44.1 Å². The molecule has 0 bridgehead atoms. The highest BCUT2D eigenvalue weighted by molar-refractivity contribution is 5.79. The molecule has 1 aliphatic heterocycles. The van der Waals surface area contributed by atoms with Gasteiger partial charge in [-0.2, -0.15) is 5.26 Å². The quantitative estimate of drug-likeness (QED) is 0.786. The summed E-state index contributed by atoms with van der Waals surface area (Å²) >= 11 is 0. The zero-order chi connectivity index (χ0) is 12.4. The number of hydrogen-bond acceptors (Lipinski definition) is 2. The van der Waals surface area contributed by atoms with Gasteiger partial charge >= 0.3 is 0 Å². The molecule has 0 aromatic heterocycles. The van der Waals surface area contributed by atoms with Gasteiger partial charge in [0.1, 0.15) is 11.6 Å². The highest BCUT2D eigenvalue weighted by atomic mass is 19.1. The normalized spacial score (nSPS) is 19.5. The lowest BCUT2D eigenvalue weighted by Gasteiger charge is -2.16. The standard InChI is InChI=1S/C12H10F2N2O/c13-10-2-1-9(11(14)4-10)7-16-6-8(5-15)3-12(16)17/h1-2,4,8H,3,6-7H2. The molecule has 0 radical (unpaired) electrons. The monoisotopic (exact) mass is 236 g/mol. The van der Waals surface area contributed by atoms with Crippen LogP contribution in [0, 0.1) is 28.9 Å². The number of benzene rings is 1.